The number of likely N-dealkylation sites (tertiary alicyclic amines) is 1. The minimum atomic E-state index is -0.506. The minimum Gasteiger partial charge on any atom is -0.380 e. The molecule has 3 saturated heterocycles. The van der Waals surface area contributed by atoms with E-state index in [1.165, 1.54) is 18.5 Å². The van der Waals surface area contributed by atoms with E-state index in [0.717, 1.165) is 39.1 Å². The van der Waals surface area contributed by atoms with E-state index >= 15 is 0 Å². The first-order valence-corrected chi connectivity index (χ1v) is 14.8. The van der Waals surface area contributed by atoms with E-state index in [0.29, 0.717) is 64.8 Å². The molecule has 3 aromatic rings. The van der Waals surface area contributed by atoms with Gasteiger partial charge in [0.15, 0.2) is 0 Å². The summed E-state index contributed by atoms with van der Waals surface area (Å²) in [5.74, 6) is 6.71. The number of fused-ring (bicyclic) bond motifs is 2. The lowest BCUT2D eigenvalue weighted by Gasteiger charge is -2.51. The smallest absolute Gasteiger partial charge is 0.248 e. The highest BCUT2D eigenvalue weighted by atomic mass is 35.5. The molecule has 4 heterocycles. The molecule has 2 atom stereocenters. The molecule has 4 aliphatic rings. The zero-order chi connectivity index (χ0) is 29.4. The van der Waals surface area contributed by atoms with Crippen molar-refractivity contribution in [3.05, 3.63) is 65.2 Å². The Bertz CT molecular complexity index is 1630. The molecule has 2 aromatic carbocycles. The van der Waals surface area contributed by atoms with Gasteiger partial charge in [-0.15, -0.1) is 0 Å². The molecule has 43 heavy (non-hydrogen) atoms. The van der Waals surface area contributed by atoms with Crippen LogP contribution in [-0.4, -0.2) is 79.0 Å². The number of amides is 1. The number of nitrogens with one attached hydrogen (secondary N) is 2. The first-order valence-electron chi connectivity index (χ1n) is 14.5. The average molecular weight is 604 g/mol. The van der Waals surface area contributed by atoms with E-state index in [-0.39, 0.29) is 23.1 Å². The molecule has 11 heteroatoms. The highest BCUT2D eigenvalue weighted by molar-refractivity contribution is 6.31. The zero-order valence-corrected chi connectivity index (χ0v) is 24.2. The summed E-state index contributed by atoms with van der Waals surface area (Å²) in [5.41, 5.74) is 2.76. The second-order valence-electron chi connectivity index (χ2n) is 11.7. The van der Waals surface area contributed by atoms with E-state index in [2.05, 4.69) is 37.3 Å². The number of carbonyl (C=O) groups is 1. The quantitative estimate of drug-likeness (QED) is 0.313. The van der Waals surface area contributed by atoms with Crippen LogP contribution in [0.5, 0.6) is 0 Å². The summed E-state index contributed by atoms with van der Waals surface area (Å²) in [6.45, 7) is 5.07. The summed E-state index contributed by atoms with van der Waals surface area (Å²) < 4.78 is 30.7. The molecule has 4 fully saturated rings. The van der Waals surface area contributed by atoms with Crippen molar-refractivity contribution in [2.24, 2.45) is 11.3 Å². The normalized spacial score (nSPS) is 22.9. The van der Waals surface area contributed by atoms with Crippen molar-refractivity contribution < 1.29 is 23.4 Å². The third-order valence-electron chi connectivity index (χ3n) is 8.47. The van der Waals surface area contributed by atoms with Crippen molar-refractivity contribution >= 4 is 45.6 Å². The van der Waals surface area contributed by atoms with E-state index in [4.69, 9.17) is 25.8 Å². The molecule has 1 aliphatic carbocycles. The maximum absolute atomic E-state index is 13.7. The standard InChI is InChI=1S/C32H31ClFN5O4/c33-24-11-22(5-6-25(24)34)37-31-23-12-26(38-30(40)2-1-7-39-15-28-29(16-39)43-9-8-42-28)21(10-27(23)35-19-36-31)4-3-20-13-32(14-20)17-41-18-32/h1-2,5-6,10-12,19-20,28-29H,7-9,13-18H2,(H,38,40)(H,35,36,37)/b2-1+. The number of benzene rings is 2. The zero-order valence-electron chi connectivity index (χ0n) is 23.4. The Labute approximate surface area is 253 Å². The molecule has 2 unspecified atom stereocenters. The van der Waals surface area contributed by atoms with Gasteiger partial charge >= 0.3 is 0 Å². The number of hydrogen-bond acceptors (Lipinski definition) is 8. The third-order valence-corrected chi connectivity index (χ3v) is 8.76. The molecular weight excluding hydrogens is 573 g/mol. The molecule has 7 rings (SSSR count). The van der Waals surface area contributed by atoms with Gasteiger partial charge in [-0.2, -0.15) is 0 Å². The van der Waals surface area contributed by atoms with Gasteiger partial charge in [0.2, 0.25) is 5.91 Å². The van der Waals surface area contributed by atoms with Crippen LogP contribution in [0.15, 0.2) is 48.8 Å². The molecular formula is C32H31ClFN5O4. The number of aromatic nitrogens is 2. The minimum absolute atomic E-state index is 0.000329. The molecule has 1 spiro atoms. The van der Waals surface area contributed by atoms with Gasteiger partial charge < -0.3 is 24.8 Å². The van der Waals surface area contributed by atoms with Crippen LogP contribution in [0.4, 0.5) is 21.6 Å². The first kappa shape index (κ1) is 28.2. The van der Waals surface area contributed by atoms with Crippen LogP contribution in [0.25, 0.3) is 10.9 Å². The maximum Gasteiger partial charge on any atom is 0.248 e. The van der Waals surface area contributed by atoms with Gasteiger partial charge in [-0.05, 0) is 43.2 Å². The van der Waals surface area contributed by atoms with Gasteiger partial charge in [0.05, 0.1) is 60.4 Å². The molecule has 1 amide bonds. The van der Waals surface area contributed by atoms with Crippen LogP contribution in [0.2, 0.25) is 5.02 Å². The maximum atomic E-state index is 13.7. The van der Waals surface area contributed by atoms with Crippen LogP contribution in [0.3, 0.4) is 0 Å². The SMILES string of the molecule is O=C(/C=C/CN1CC2OCCOC2C1)Nc1cc2c(Nc3ccc(F)c(Cl)c3)ncnc2cc1C#CC1CC2(COC2)C1. The van der Waals surface area contributed by atoms with Gasteiger partial charge in [0.25, 0.3) is 0 Å². The van der Waals surface area contributed by atoms with Gasteiger partial charge in [-0.3, -0.25) is 9.69 Å². The van der Waals surface area contributed by atoms with Gasteiger partial charge in [-0.25, -0.2) is 14.4 Å². The molecule has 0 bridgehead atoms. The lowest BCUT2D eigenvalue weighted by molar-refractivity contribution is -0.169. The fraction of sp³-hybridized carbons (Fsp3) is 0.406. The highest BCUT2D eigenvalue weighted by Crippen LogP contribution is 2.50. The number of ether oxygens (including phenoxy) is 3. The summed E-state index contributed by atoms with van der Waals surface area (Å²) in [5, 5.41) is 6.87. The monoisotopic (exact) mass is 603 g/mol. The van der Waals surface area contributed by atoms with Gasteiger partial charge in [0.1, 0.15) is 18.0 Å². The predicted molar refractivity (Wildman–Crippen MR) is 161 cm³/mol. The Balaban J connectivity index is 1.12. The van der Waals surface area contributed by atoms with Crippen molar-refractivity contribution in [3.63, 3.8) is 0 Å². The summed E-state index contributed by atoms with van der Waals surface area (Å²) in [6.07, 6.45) is 7.08. The molecule has 222 valence electrons. The van der Waals surface area contributed by atoms with Crippen molar-refractivity contribution in [2.45, 2.75) is 25.0 Å². The number of nitrogens with zero attached hydrogens (tertiary/aromatic N) is 3. The molecule has 1 saturated carbocycles. The number of hydrogen-bond donors (Lipinski definition) is 2. The number of rotatable bonds is 6. The fourth-order valence-electron chi connectivity index (χ4n) is 6.18. The topological polar surface area (TPSA) is 97.8 Å². The third kappa shape index (κ3) is 6.09. The lowest BCUT2D eigenvalue weighted by Crippen LogP contribution is -2.51. The second-order valence-corrected chi connectivity index (χ2v) is 12.1. The largest absolute Gasteiger partial charge is 0.380 e. The molecule has 9 nitrogen and oxygen atoms in total. The Hall–Kier alpha value is -3.59. The van der Waals surface area contributed by atoms with Crippen molar-refractivity contribution in [3.8, 4) is 11.8 Å². The Morgan fingerprint density at radius 2 is 1.93 bits per heavy atom. The lowest BCUT2D eigenvalue weighted by atomic mass is 9.61. The Morgan fingerprint density at radius 3 is 2.65 bits per heavy atom. The Morgan fingerprint density at radius 1 is 1.14 bits per heavy atom. The van der Waals surface area contributed by atoms with E-state index in [1.54, 1.807) is 12.1 Å². The summed E-state index contributed by atoms with van der Waals surface area (Å²) in [7, 11) is 0. The summed E-state index contributed by atoms with van der Waals surface area (Å²) >= 11 is 5.98. The molecule has 0 radical (unpaired) electrons. The van der Waals surface area contributed by atoms with Crippen LogP contribution in [-0.2, 0) is 19.0 Å². The Kier molecular flexibility index (Phi) is 7.76. The second kappa shape index (κ2) is 11.8. The number of carbonyl (C=O) groups excluding carboxylic acids is 1. The predicted octanol–water partition coefficient (Wildman–Crippen LogP) is 4.54. The van der Waals surface area contributed by atoms with E-state index in [9.17, 15) is 9.18 Å². The van der Waals surface area contributed by atoms with Gasteiger partial charge in [-0.1, -0.05) is 29.5 Å². The van der Waals surface area contributed by atoms with Gasteiger partial charge in [0, 0.05) is 48.1 Å². The molecule has 1 aromatic heterocycles. The fourth-order valence-corrected chi connectivity index (χ4v) is 6.36. The van der Waals surface area contributed by atoms with Crippen LogP contribution >= 0.6 is 11.6 Å². The summed E-state index contributed by atoms with van der Waals surface area (Å²) in [4.78, 5) is 24.1. The first-order chi connectivity index (χ1) is 20.9. The summed E-state index contributed by atoms with van der Waals surface area (Å²) in [6, 6.07) is 8.04. The van der Waals surface area contributed by atoms with Crippen molar-refractivity contribution in [2.75, 3.05) is 56.7 Å². The van der Waals surface area contributed by atoms with E-state index < -0.39 is 5.82 Å². The average Bonchev–Trinajstić information content (AvgIpc) is 3.37. The highest BCUT2D eigenvalue weighted by Gasteiger charge is 2.49. The molecule has 2 N–H and O–H groups in total. The number of anilines is 3. The molecule has 3 aliphatic heterocycles. The number of halogens is 2. The van der Waals surface area contributed by atoms with Crippen LogP contribution in [0.1, 0.15) is 18.4 Å². The van der Waals surface area contributed by atoms with Crippen molar-refractivity contribution in [1.29, 1.82) is 0 Å². The van der Waals surface area contributed by atoms with Crippen LogP contribution < -0.4 is 10.6 Å². The van der Waals surface area contributed by atoms with Crippen LogP contribution in [0, 0.1) is 29.0 Å². The van der Waals surface area contributed by atoms with Crippen molar-refractivity contribution in [1.82, 2.24) is 14.9 Å². The van der Waals surface area contributed by atoms with E-state index in [1.807, 2.05) is 18.2 Å².